The van der Waals surface area contributed by atoms with Crippen molar-refractivity contribution in [1.82, 2.24) is 4.57 Å². The lowest BCUT2D eigenvalue weighted by atomic mass is 9.96. The van der Waals surface area contributed by atoms with Crippen LogP contribution < -0.4 is 4.90 Å². The molecule has 0 atom stereocenters. The van der Waals surface area contributed by atoms with E-state index in [0.29, 0.717) is 0 Å². The van der Waals surface area contributed by atoms with Crippen molar-refractivity contribution in [2.24, 2.45) is 0 Å². The molecule has 14 aromatic rings. The molecule has 0 spiro atoms. The van der Waals surface area contributed by atoms with Gasteiger partial charge in [0.05, 0.1) is 11.0 Å². The lowest BCUT2D eigenvalue weighted by Crippen LogP contribution is -2.10. The third kappa shape index (κ3) is 8.01. The number of anilines is 3. The molecule has 1 aromatic heterocycles. The van der Waals surface area contributed by atoms with Gasteiger partial charge < -0.3 is 9.47 Å². The molecule has 0 saturated carbocycles. The maximum absolute atomic E-state index is 2.45. The highest BCUT2D eigenvalue weighted by atomic mass is 15.1. The van der Waals surface area contributed by atoms with Crippen LogP contribution in [0.5, 0.6) is 0 Å². The maximum Gasteiger partial charge on any atom is 0.0619 e. The van der Waals surface area contributed by atoms with Crippen LogP contribution in [0.2, 0.25) is 0 Å². The monoisotopic (exact) mass is 966 g/mol. The highest BCUT2D eigenvalue weighted by Gasteiger charge is 2.21. The Kier molecular flexibility index (Phi) is 11.2. The number of aromatic nitrogens is 1. The Morgan fingerprint density at radius 1 is 0.237 bits per heavy atom. The highest BCUT2D eigenvalue weighted by molar-refractivity contribution is 6.19. The van der Waals surface area contributed by atoms with Crippen LogP contribution >= 0.6 is 0 Å². The Hall–Kier alpha value is -10.0. The van der Waals surface area contributed by atoms with Gasteiger partial charge in [0.1, 0.15) is 0 Å². The van der Waals surface area contributed by atoms with E-state index in [2.05, 4.69) is 313 Å². The normalized spacial score (nSPS) is 11.4. The predicted octanol–water partition coefficient (Wildman–Crippen LogP) is 20.6. The zero-order valence-corrected chi connectivity index (χ0v) is 41.8. The summed E-state index contributed by atoms with van der Waals surface area (Å²) in [6, 6.07) is 111. The van der Waals surface area contributed by atoms with Crippen LogP contribution in [-0.2, 0) is 0 Å². The summed E-state index contributed by atoms with van der Waals surface area (Å²) in [5.41, 5.74) is 21.1. The number of benzene rings is 13. The zero-order chi connectivity index (χ0) is 50.4. The molecule has 0 fully saturated rings. The van der Waals surface area contributed by atoms with Crippen LogP contribution in [0.25, 0.3) is 116 Å². The number of nitrogens with zero attached hydrogens (tertiary/aromatic N) is 2. The lowest BCUT2D eigenvalue weighted by Gasteiger charge is -2.26. The van der Waals surface area contributed by atoms with E-state index >= 15 is 0 Å². The summed E-state index contributed by atoms with van der Waals surface area (Å²) < 4.78 is 2.45. The minimum absolute atomic E-state index is 1.07. The number of hydrogen-bond acceptors (Lipinski definition) is 1. The van der Waals surface area contributed by atoms with Crippen molar-refractivity contribution in [1.29, 1.82) is 0 Å². The van der Waals surface area contributed by atoms with E-state index in [4.69, 9.17) is 0 Å². The van der Waals surface area contributed by atoms with Gasteiger partial charge in [-0.3, -0.25) is 0 Å². The van der Waals surface area contributed by atoms with E-state index in [0.717, 1.165) is 28.3 Å². The van der Waals surface area contributed by atoms with Gasteiger partial charge in [0.25, 0.3) is 0 Å². The lowest BCUT2D eigenvalue weighted by molar-refractivity contribution is 1.18. The summed E-state index contributed by atoms with van der Waals surface area (Å²) in [5.74, 6) is 0. The molecule has 1 heterocycles. The quantitative estimate of drug-likeness (QED) is 0.133. The molecular formula is C74H50N2. The predicted molar refractivity (Wildman–Crippen MR) is 323 cm³/mol. The molecule has 0 radical (unpaired) electrons. The van der Waals surface area contributed by atoms with Crippen molar-refractivity contribution < 1.29 is 0 Å². The second-order valence-corrected chi connectivity index (χ2v) is 19.6. The largest absolute Gasteiger partial charge is 0.310 e. The van der Waals surface area contributed by atoms with Crippen LogP contribution in [0.1, 0.15) is 0 Å². The third-order valence-electron chi connectivity index (χ3n) is 15.2. The fourth-order valence-corrected chi connectivity index (χ4v) is 11.6. The summed E-state index contributed by atoms with van der Waals surface area (Å²) in [4.78, 5) is 2.39. The summed E-state index contributed by atoms with van der Waals surface area (Å²) in [7, 11) is 0. The van der Waals surface area contributed by atoms with Gasteiger partial charge >= 0.3 is 0 Å². The molecule has 14 rings (SSSR count). The van der Waals surface area contributed by atoms with Gasteiger partial charge in [0, 0.05) is 39.1 Å². The van der Waals surface area contributed by atoms with Crippen LogP contribution in [-0.4, -0.2) is 4.57 Å². The van der Waals surface area contributed by atoms with Gasteiger partial charge in [-0.25, -0.2) is 0 Å². The molecule has 13 aromatic carbocycles. The summed E-state index contributed by atoms with van der Waals surface area (Å²) in [6.45, 7) is 0. The van der Waals surface area contributed by atoms with Crippen LogP contribution in [0.3, 0.4) is 0 Å². The maximum atomic E-state index is 2.45. The molecule has 0 N–H and O–H groups in total. The van der Waals surface area contributed by atoms with Gasteiger partial charge in [-0.1, -0.05) is 249 Å². The molecule has 2 heteroatoms. The van der Waals surface area contributed by atoms with Crippen LogP contribution in [0, 0.1) is 0 Å². The van der Waals surface area contributed by atoms with E-state index in [1.807, 2.05) is 0 Å². The van der Waals surface area contributed by atoms with Gasteiger partial charge in [0.15, 0.2) is 0 Å². The van der Waals surface area contributed by atoms with Crippen molar-refractivity contribution in [3.8, 4) is 72.4 Å². The molecular weight excluding hydrogens is 917 g/mol. The number of fused-ring (bicyclic) bond motifs is 5. The minimum Gasteiger partial charge on any atom is -0.310 e. The molecule has 0 saturated heterocycles. The molecule has 2 nitrogen and oxygen atoms in total. The summed E-state index contributed by atoms with van der Waals surface area (Å²) in [5, 5.41) is 7.49. The van der Waals surface area contributed by atoms with Crippen LogP contribution in [0.4, 0.5) is 17.1 Å². The average molecular weight is 967 g/mol. The average Bonchev–Trinajstić information content (AvgIpc) is 3.85. The third-order valence-corrected chi connectivity index (χ3v) is 15.2. The first-order valence-electron chi connectivity index (χ1n) is 26.2. The number of hydrogen-bond donors (Lipinski definition) is 0. The molecule has 0 aliphatic heterocycles. The Morgan fingerprint density at radius 3 is 1.21 bits per heavy atom. The minimum atomic E-state index is 1.07. The van der Waals surface area contributed by atoms with Gasteiger partial charge in [-0.2, -0.15) is 0 Å². The molecule has 0 aliphatic carbocycles. The molecule has 76 heavy (non-hydrogen) atoms. The number of rotatable bonds is 10. The fraction of sp³-hybridized carbons (Fsp3) is 0. The van der Waals surface area contributed by atoms with Crippen molar-refractivity contribution in [2.75, 3.05) is 4.90 Å². The first-order chi connectivity index (χ1) is 37.7. The Morgan fingerprint density at radius 2 is 0.632 bits per heavy atom. The van der Waals surface area contributed by atoms with Gasteiger partial charge in [-0.15, -0.1) is 0 Å². The molecule has 356 valence electrons. The van der Waals surface area contributed by atoms with E-state index < -0.39 is 0 Å². The first-order valence-corrected chi connectivity index (χ1v) is 26.2. The van der Waals surface area contributed by atoms with E-state index in [1.54, 1.807) is 0 Å². The molecule has 0 bridgehead atoms. The first kappa shape index (κ1) is 44.7. The molecule has 0 aliphatic rings. The fourth-order valence-electron chi connectivity index (χ4n) is 11.6. The van der Waals surface area contributed by atoms with Crippen molar-refractivity contribution in [2.45, 2.75) is 0 Å². The molecule has 0 unspecified atom stereocenters. The second kappa shape index (κ2) is 19.1. The van der Waals surface area contributed by atoms with E-state index in [1.165, 1.54) is 105 Å². The van der Waals surface area contributed by atoms with E-state index in [9.17, 15) is 0 Å². The molecule has 0 amide bonds. The topological polar surface area (TPSA) is 8.17 Å². The second-order valence-electron chi connectivity index (χ2n) is 19.6. The van der Waals surface area contributed by atoms with Crippen molar-refractivity contribution in [3.05, 3.63) is 303 Å². The smallest absolute Gasteiger partial charge is 0.0619 e. The van der Waals surface area contributed by atoms with Crippen molar-refractivity contribution >= 4 is 60.4 Å². The summed E-state index contributed by atoms with van der Waals surface area (Å²) in [6.07, 6.45) is 0. The number of para-hydroxylation sites is 2. The van der Waals surface area contributed by atoms with Gasteiger partial charge in [0.2, 0.25) is 0 Å². The summed E-state index contributed by atoms with van der Waals surface area (Å²) >= 11 is 0. The standard InChI is InChI=1S/C74H50N2/c1-3-16-57(17-4-1)70-31-14-32-71-73-69(30-15-33-72(73)76(74(70)71)61-23-5-2-6-24-61)60-22-11-25-64(50-60)75(62-46-42-53(43-47-62)51-34-38-58(39-35-51)67-28-12-20-55-18-7-9-26-65(55)67)63-48-44-54(45-49-63)52-36-40-59(41-37-52)68-29-13-21-56-19-8-10-27-66(56)68/h1-50H. The highest BCUT2D eigenvalue weighted by Crippen LogP contribution is 2.45. The van der Waals surface area contributed by atoms with Crippen molar-refractivity contribution in [3.63, 3.8) is 0 Å². The van der Waals surface area contributed by atoms with E-state index in [-0.39, 0.29) is 0 Å². The zero-order valence-electron chi connectivity index (χ0n) is 41.8. The Bertz CT molecular complexity index is 4220. The Labute approximate surface area is 443 Å². The Balaban J connectivity index is 0.864. The SMILES string of the molecule is c1ccc(-c2cccc3c4c(-c5cccc(N(c6ccc(-c7ccc(-c8cccc9ccccc89)cc7)cc6)c6ccc(-c7ccc(-c8cccc9ccccc89)cc7)cc6)c5)cccc4n(-c4ccccc4)c23)cc1. The van der Waals surface area contributed by atoms with Crippen LogP contribution in [0.15, 0.2) is 303 Å². The van der Waals surface area contributed by atoms with Gasteiger partial charge in [-0.05, 0) is 137 Å².